The molecule has 3 N–H and O–H groups in total. The van der Waals surface area contributed by atoms with E-state index in [4.69, 9.17) is 9.47 Å². The molecule has 0 bridgehead atoms. The van der Waals surface area contributed by atoms with E-state index in [0.717, 1.165) is 12.0 Å². The van der Waals surface area contributed by atoms with Crippen LogP contribution < -0.4 is 25.4 Å². The summed E-state index contributed by atoms with van der Waals surface area (Å²) >= 11 is 0. The van der Waals surface area contributed by atoms with Gasteiger partial charge in [-0.1, -0.05) is 19.1 Å². The SMILES string of the molecule is CCCC(=O)Nc1cccc(CNC(=O)c2ccc(OCC(=O)NC(C)C)c(OC)c2)c1. The van der Waals surface area contributed by atoms with Crippen molar-refractivity contribution in [2.24, 2.45) is 0 Å². The van der Waals surface area contributed by atoms with Crippen molar-refractivity contribution in [2.45, 2.75) is 46.2 Å². The number of anilines is 1. The van der Waals surface area contributed by atoms with Gasteiger partial charge in [0.25, 0.3) is 11.8 Å². The highest BCUT2D eigenvalue weighted by Gasteiger charge is 2.13. The maximum atomic E-state index is 12.6. The largest absolute Gasteiger partial charge is 0.493 e. The molecular formula is C24H31N3O5. The third-order valence-corrected chi connectivity index (χ3v) is 4.38. The molecule has 2 aromatic rings. The third kappa shape index (κ3) is 7.94. The van der Waals surface area contributed by atoms with Gasteiger partial charge in [0.05, 0.1) is 7.11 Å². The van der Waals surface area contributed by atoms with Crippen molar-refractivity contribution in [1.29, 1.82) is 0 Å². The second kappa shape index (κ2) is 12.3. The first-order chi connectivity index (χ1) is 15.3. The third-order valence-electron chi connectivity index (χ3n) is 4.38. The van der Waals surface area contributed by atoms with Gasteiger partial charge in [0.1, 0.15) is 0 Å². The molecule has 8 nitrogen and oxygen atoms in total. The standard InChI is InChI=1S/C24H31N3O5/c1-5-7-22(28)27-19-9-6-8-17(12-19)14-25-24(30)18-10-11-20(21(13-18)31-4)32-15-23(29)26-16(2)3/h6,8-13,16H,5,7,14-15H2,1-4H3,(H,25,30)(H,26,29)(H,27,28). The zero-order valence-corrected chi connectivity index (χ0v) is 19.0. The molecule has 0 atom stereocenters. The van der Waals surface area contributed by atoms with Gasteiger partial charge in [-0.25, -0.2) is 0 Å². The summed E-state index contributed by atoms with van der Waals surface area (Å²) in [7, 11) is 1.47. The van der Waals surface area contributed by atoms with E-state index in [-0.39, 0.29) is 30.4 Å². The van der Waals surface area contributed by atoms with Crippen LogP contribution in [-0.4, -0.2) is 37.5 Å². The molecule has 2 rings (SSSR count). The Labute approximate surface area is 188 Å². The lowest BCUT2D eigenvalue weighted by Crippen LogP contribution is -2.34. The highest BCUT2D eigenvalue weighted by molar-refractivity contribution is 5.95. The van der Waals surface area contributed by atoms with E-state index >= 15 is 0 Å². The lowest BCUT2D eigenvalue weighted by Gasteiger charge is -2.13. The molecule has 3 amide bonds. The molecule has 0 unspecified atom stereocenters. The Balaban J connectivity index is 1.97. The number of carbonyl (C=O) groups excluding carboxylic acids is 3. The molecule has 0 fully saturated rings. The number of hydrogen-bond acceptors (Lipinski definition) is 5. The van der Waals surface area contributed by atoms with Crippen molar-refractivity contribution in [3.8, 4) is 11.5 Å². The summed E-state index contributed by atoms with van der Waals surface area (Å²) in [5, 5.41) is 8.44. The lowest BCUT2D eigenvalue weighted by molar-refractivity contribution is -0.123. The highest BCUT2D eigenvalue weighted by Crippen LogP contribution is 2.28. The van der Waals surface area contributed by atoms with Crippen LogP contribution in [0, 0.1) is 0 Å². The molecule has 0 aliphatic rings. The fourth-order valence-electron chi connectivity index (χ4n) is 2.93. The molecule has 0 radical (unpaired) electrons. The lowest BCUT2D eigenvalue weighted by atomic mass is 10.1. The Morgan fingerprint density at radius 3 is 2.47 bits per heavy atom. The molecule has 0 saturated heterocycles. The van der Waals surface area contributed by atoms with Gasteiger partial charge < -0.3 is 25.4 Å². The van der Waals surface area contributed by atoms with E-state index in [9.17, 15) is 14.4 Å². The molecule has 0 aromatic heterocycles. The van der Waals surface area contributed by atoms with Crippen LogP contribution in [0.2, 0.25) is 0 Å². The zero-order chi connectivity index (χ0) is 23.5. The minimum Gasteiger partial charge on any atom is -0.493 e. The first kappa shape index (κ1) is 24.7. The summed E-state index contributed by atoms with van der Waals surface area (Å²) in [6.45, 7) is 5.83. The van der Waals surface area contributed by atoms with Gasteiger partial charge in [0.15, 0.2) is 18.1 Å². The first-order valence-electron chi connectivity index (χ1n) is 10.6. The van der Waals surface area contributed by atoms with Crippen molar-refractivity contribution in [2.75, 3.05) is 19.0 Å². The summed E-state index contributed by atoms with van der Waals surface area (Å²) in [6.07, 6.45) is 1.24. The normalized spacial score (nSPS) is 10.4. The van der Waals surface area contributed by atoms with Crippen LogP contribution in [0.1, 0.15) is 49.5 Å². The fraction of sp³-hybridized carbons (Fsp3) is 0.375. The van der Waals surface area contributed by atoms with Crippen LogP contribution in [0.4, 0.5) is 5.69 Å². The molecule has 0 saturated carbocycles. The maximum Gasteiger partial charge on any atom is 0.258 e. The van der Waals surface area contributed by atoms with Crippen LogP contribution >= 0.6 is 0 Å². The molecule has 0 aliphatic carbocycles. The Kier molecular flexibility index (Phi) is 9.53. The van der Waals surface area contributed by atoms with Gasteiger partial charge in [-0.05, 0) is 56.2 Å². The van der Waals surface area contributed by atoms with Gasteiger partial charge in [0.2, 0.25) is 5.91 Å². The number of methoxy groups -OCH3 is 1. The molecule has 8 heteroatoms. The van der Waals surface area contributed by atoms with E-state index in [0.29, 0.717) is 35.7 Å². The monoisotopic (exact) mass is 441 g/mol. The summed E-state index contributed by atoms with van der Waals surface area (Å²) in [5.41, 5.74) is 1.95. The molecule has 0 heterocycles. The van der Waals surface area contributed by atoms with Gasteiger partial charge in [-0.15, -0.1) is 0 Å². The van der Waals surface area contributed by atoms with E-state index in [2.05, 4.69) is 16.0 Å². The molecule has 172 valence electrons. The number of rotatable bonds is 11. The second-order valence-electron chi connectivity index (χ2n) is 7.56. The number of benzene rings is 2. The quantitative estimate of drug-likeness (QED) is 0.496. The number of carbonyl (C=O) groups is 3. The molecular weight excluding hydrogens is 410 g/mol. The van der Waals surface area contributed by atoms with Crippen LogP contribution in [0.15, 0.2) is 42.5 Å². The van der Waals surface area contributed by atoms with Crippen molar-refractivity contribution in [3.63, 3.8) is 0 Å². The van der Waals surface area contributed by atoms with Crippen molar-refractivity contribution < 1.29 is 23.9 Å². The van der Waals surface area contributed by atoms with Gasteiger partial charge in [-0.2, -0.15) is 0 Å². The molecule has 0 spiro atoms. The van der Waals surface area contributed by atoms with Crippen LogP contribution in [0.5, 0.6) is 11.5 Å². The summed E-state index contributed by atoms with van der Waals surface area (Å²) in [6, 6.07) is 12.1. The van der Waals surface area contributed by atoms with Crippen molar-refractivity contribution in [3.05, 3.63) is 53.6 Å². The van der Waals surface area contributed by atoms with Crippen LogP contribution in [0.25, 0.3) is 0 Å². The average Bonchev–Trinajstić information content (AvgIpc) is 2.75. The predicted molar refractivity (Wildman–Crippen MR) is 123 cm³/mol. The van der Waals surface area contributed by atoms with Crippen LogP contribution in [0.3, 0.4) is 0 Å². The van der Waals surface area contributed by atoms with Crippen molar-refractivity contribution in [1.82, 2.24) is 10.6 Å². The van der Waals surface area contributed by atoms with E-state index in [1.54, 1.807) is 18.2 Å². The maximum absolute atomic E-state index is 12.6. The average molecular weight is 442 g/mol. The predicted octanol–water partition coefficient (Wildman–Crippen LogP) is 3.27. The first-order valence-corrected chi connectivity index (χ1v) is 10.6. The topological polar surface area (TPSA) is 106 Å². The van der Waals surface area contributed by atoms with E-state index in [1.165, 1.54) is 7.11 Å². The smallest absolute Gasteiger partial charge is 0.258 e. The molecule has 2 aromatic carbocycles. The van der Waals surface area contributed by atoms with Gasteiger partial charge in [-0.3, -0.25) is 14.4 Å². The summed E-state index contributed by atoms with van der Waals surface area (Å²) in [5.74, 6) is 0.170. The Morgan fingerprint density at radius 1 is 1.00 bits per heavy atom. The van der Waals surface area contributed by atoms with Gasteiger partial charge >= 0.3 is 0 Å². The second-order valence-corrected chi connectivity index (χ2v) is 7.56. The Morgan fingerprint density at radius 2 is 1.78 bits per heavy atom. The van der Waals surface area contributed by atoms with Crippen LogP contribution in [-0.2, 0) is 16.1 Å². The van der Waals surface area contributed by atoms with Gasteiger partial charge in [0, 0.05) is 30.3 Å². The fourth-order valence-corrected chi connectivity index (χ4v) is 2.93. The number of hydrogen-bond donors (Lipinski definition) is 3. The Hall–Kier alpha value is -3.55. The minimum absolute atomic E-state index is 0.0207. The molecule has 32 heavy (non-hydrogen) atoms. The van der Waals surface area contributed by atoms with E-state index in [1.807, 2.05) is 45.0 Å². The minimum atomic E-state index is -0.284. The zero-order valence-electron chi connectivity index (χ0n) is 19.0. The Bertz CT molecular complexity index is 943. The number of ether oxygens (including phenoxy) is 2. The van der Waals surface area contributed by atoms with Crippen molar-refractivity contribution >= 4 is 23.4 Å². The van der Waals surface area contributed by atoms with E-state index < -0.39 is 0 Å². The number of amides is 3. The number of nitrogens with one attached hydrogen (secondary N) is 3. The summed E-state index contributed by atoms with van der Waals surface area (Å²) in [4.78, 5) is 36.1. The summed E-state index contributed by atoms with van der Waals surface area (Å²) < 4.78 is 10.8. The molecule has 0 aliphatic heterocycles. The highest BCUT2D eigenvalue weighted by atomic mass is 16.5.